The SMILES string of the molecule is O=C1CN(N=Cc2ccc(-c3ccc(Cl)cc3)o2)C(=O)N1CCCCN1CCNCC1. The van der Waals surface area contributed by atoms with Crippen molar-refractivity contribution in [3.63, 3.8) is 0 Å². The zero-order valence-corrected chi connectivity index (χ0v) is 18.1. The van der Waals surface area contributed by atoms with Crippen LogP contribution in [-0.2, 0) is 4.79 Å². The van der Waals surface area contributed by atoms with Crippen LogP contribution in [0.4, 0.5) is 4.79 Å². The fraction of sp³-hybridized carbons (Fsp3) is 0.409. The molecule has 4 rings (SSSR count). The number of unbranched alkanes of at least 4 members (excludes halogenated alkanes) is 1. The Balaban J connectivity index is 1.27. The number of hydrogen-bond acceptors (Lipinski definition) is 6. The number of benzene rings is 1. The van der Waals surface area contributed by atoms with E-state index in [2.05, 4.69) is 15.3 Å². The molecule has 0 saturated carbocycles. The first-order valence-corrected chi connectivity index (χ1v) is 10.9. The summed E-state index contributed by atoms with van der Waals surface area (Å²) in [6, 6.07) is 10.5. The van der Waals surface area contributed by atoms with Gasteiger partial charge in [0, 0.05) is 43.3 Å². The van der Waals surface area contributed by atoms with Crippen LogP contribution in [0.5, 0.6) is 0 Å². The van der Waals surface area contributed by atoms with E-state index >= 15 is 0 Å². The van der Waals surface area contributed by atoms with E-state index < -0.39 is 0 Å². The molecule has 2 aliphatic rings. The average molecular weight is 444 g/mol. The van der Waals surface area contributed by atoms with Gasteiger partial charge in [-0.3, -0.25) is 9.69 Å². The quantitative estimate of drug-likeness (QED) is 0.385. The van der Waals surface area contributed by atoms with Gasteiger partial charge in [-0.1, -0.05) is 11.6 Å². The topological polar surface area (TPSA) is 81.4 Å². The van der Waals surface area contributed by atoms with Gasteiger partial charge >= 0.3 is 6.03 Å². The Kier molecular flexibility index (Phi) is 7.01. The highest BCUT2D eigenvalue weighted by molar-refractivity contribution is 6.30. The first kappa shape index (κ1) is 21.5. The van der Waals surface area contributed by atoms with Crippen LogP contribution in [0.1, 0.15) is 18.6 Å². The zero-order chi connectivity index (χ0) is 21.6. The molecule has 0 radical (unpaired) electrons. The second kappa shape index (κ2) is 10.1. The molecule has 2 aromatic rings. The number of hydrazone groups is 1. The molecule has 0 aliphatic carbocycles. The third-order valence-corrected chi connectivity index (χ3v) is 5.69. The Morgan fingerprint density at radius 3 is 2.55 bits per heavy atom. The molecular formula is C22H26ClN5O3. The van der Waals surface area contributed by atoms with Crippen molar-refractivity contribution in [2.45, 2.75) is 12.8 Å². The molecule has 0 unspecified atom stereocenters. The molecule has 0 atom stereocenters. The van der Waals surface area contributed by atoms with Gasteiger partial charge in [-0.15, -0.1) is 0 Å². The van der Waals surface area contributed by atoms with Crippen LogP contribution in [0.3, 0.4) is 0 Å². The van der Waals surface area contributed by atoms with Crippen molar-refractivity contribution in [1.29, 1.82) is 0 Å². The van der Waals surface area contributed by atoms with Crippen molar-refractivity contribution in [1.82, 2.24) is 20.1 Å². The van der Waals surface area contributed by atoms with Crippen molar-refractivity contribution in [2.24, 2.45) is 5.10 Å². The number of carbonyl (C=O) groups is 2. The minimum Gasteiger partial charge on any atom is -0.455 e. The minimum absolute atomic E-state index is 0.0438. The van der Waals surface area contributed by atoms with Crippen LogP contribution in [-0.4, -0.2) is 78.8 Å². The number of nitrogens with zero attached hydrogens (tertiary/aromatic N) is 4. The number of piperazine rings is 1. The van der Waals surface area contributed by atoms with E-state index in [0.29, 0.717) is 23.1 Å². The Labute approximate surface area is 186 Å². The van der Waals surface area contributed by atoms with Crippen molar-refractivity contribution in [2.75, 3.05) is 45.8 Å². The number of amides is 3. The van der Waals surface area contributed by atoms with Gasteiger partial charge in [0.15, 0.2) is 0 Å². The van der Waals surface area contributed by atoms with Crippen LogP contribution < -0.4 is 5.32 Å². The van der Waals surface area contributed by atoms with Gasteiger partial charge in [0.2, 0.25) is 0 Å². The number of furan rings is 1. The molecule has 1 N–H and O–H groups in total. The number of urea groups is 1. The van der Waals surface area contributed by atoms with Gasteiger partial charge in [-0.2, -0.15) is 5.10 Å². The number of rotatable bonds is 8. The van der Waals surface area contributed by atoms with Crippen LogP contribution in [0.2, 0.25) is 5.02 Å². The lowest BCUT2D eigenvalue weighted by molar-refractivity contribution is -0.125. The fourth-order valence-electron chi connectivity index (χ4n) is 3.70. The molecule has 2 aliphatic heterocycles. The molecule has 31 heavy (non-hydrogen) atoms. The Morgan fingerprint density at radius 2 is 1.77 bits per heavy atom. The van der Waals surface area contributed by atoms with Crippen molar-refractivity contribution in [3.8, 4) is 11.3 Å². The number of hydrogen-bond donors (Lipinski definition) is 1. The van der Waals surface area contributed by atoms with E-state index in [0.717, 1.165) is 51.1 Å². The van der Waals surface area contributed by atoms with E-state index in [1.54, 1.807) is 18.2 Å². The zero-order valence-electron chi connectivity index (χ0n) is 17.3. The summed E-state index contributed by atoms with van der Waals surface area (Å²) in [4.78, 5) is 28.5. The minimum atomic E-state index is -0.382. The highest BCUT2D eigenvalue weighted by Gasteiger charge is 2.35. The largest absolute Gasteiger partial charge is 0.455 e. The standard InChI is InChI=1S/C22H26ClN5O3/c23-18-5-3-17(4-6-18)20-8-7-19(31-20)15-25-28-16-21(29)27(22(28)30)12-2-1-11-26-13-9-24-10-14-26/h3-8,15,24H,1-2,9-14,16H2. The average Bonchev–Trinajstić information content (AvgIpc) is 3.36. The van der Waals surface area contributed by atoms with Crippen molar-refractivity contribution < 1.29 is 14.0 Å². The normalized spacial score (nSPS) is 18.0. The first-order valence-electron chi connectivity index (χ1n) is 10.5. The predicted molar refractivity (Wildman–Crippen MR) is 119 cm³/mol. The van der Waals surface area contributed by atoms with E-state index in [-0.39, 0.29) is 18.5 Å². The highest BCUT2D eigenvalue weighted by Crippen LogP contribution is 2.23. The van der Waals surface area contributed by atoms with Gasteiger partial charge < -0.3 is 14.6 Å². The third-order valence-electron chi connectivity index (χ3n) is 5.43. The Bertz CT molecular complexity index is 937. The van der Waals surface area contributed by atoms with Crippen molar-refractivity contribution in [3.05, 3.63) is 47.2 Å². The lowest BCUT2D eigenvalue weighted by Gasteiger charge is -2.27. The van der Waals surface area contributed by atoms with E-state index in [9.17, 15) is 9.59 Å². The number of carbonyl (C=O) groups excluding carboxylic acids is 2. The summed E-state index contributed by atoms with van der Waals surface area (Å²) < 4.78 is 5.76. The summed E-state index contributed by atoms with van der Waals surface area (Å²) in [7, 11) is 0. The number of imide groups is 1. The molecular weight excluding hydrogens is 418 g/mol. The van der Waals surface area contributed by atoms with Crippen LogP contribution in [0, 0.1) is 0 Å². The molecule has 3 amide bonds. The smallest absolute Gasteiger partial charge is 0.347 e. The van der Waals surface area contributed by atoms with E-state index in [1.807, 2.05) is 18.2 Å². The first-order chi connectivity index (χ1) is 15.1. The second-order valence-corrected chi connectivity index (χ2v) is 8.07. The van der Waals surface area contributed by atoms with Gasteiger partial charge in [0.25, 0.3) is 5.91 Å². The van der Waals surface area contributed by atoms with Gasteiger partial charge in [-0.05, 0) is 55.8 Å². The molecule has 1 aromatic carbocycles. The molecule has 1 aromatic heterocycles. The lowest BCUT2D eigenvalue weighted by Crippen LogP contribution is -2.43. The molecule has 0 spiro atoms. The third kappa shape index (κ3) is 5.52. The maximum atomic E-state index is 12.5. The monoisotopic (exact) mass is 443 g/mol. The highest BCUT2D eigenvalue weighted by atomic mass is 35.5. The molecule has 2 saturated heterocycles. The lowest BCUT2D eigenvalue weighted by atomic mass is 10.2. The summed E-state index contributed by atoms with van der Waals surface area (Å²) in [6.07, 6.45) is 3.21. The Hall–Kier alpha value is -2.68. The number of halogens is 1. The maximum absolute atomic E-state index is 12.5. The Morgan fingerprint density at radius 1 is 1.03 bits per heavy atom. The molecule has 8 nitrogen and oxygen atoms in total. The summed E-state index contributed by atoms with van der Waals surface area (Å²) in [5, 5.41) is 9.34. The second-order valence-electron chi connectivity index (χ2n) is 7.64. The van der Waals surface area contributed by atoms with Crippen LogP contribution >= 0.6 is 11.6 Å². The van der Waals surface area contributed by atoms with Crippen molar-refractivity contribution >= 4 is 29.8 Å². The molecule has 164 valence electrons. The molecule has 0 bridgehead atoms. The van der Waals surface area contributed by atoms with E-state index in [1.165, 1.54) is 16.1 Å². The summed E-state index contributed by atoms with van der Waals surface area (Å²) >= 11 is 5.91. The van der Waals surface area contributed by atoms with Gasteiger partial charge in [-0.25, -0.2) is 9.80 Å². The predicted octanol–water partition coefficient (Wildman–Crippen LogP) is 2.88. The van der Waals surface area contributed by atoms with Crippen LogP contribution in [0.25, 0.3) is 11.3 Å². The summed E-state index contributed by atoms with van der Waals surface area (Å²) in [6.45, 7) is 5.52. The molecule has 2 fully saturated rings. The van der Waals surface area contributed by atoms with E-state index in [4.69, 9.17) is 16.0 Å². The van der Waals surface area contributed by atoms with Gasteiger partial charge in [0.1, 0.15) is 18.1 Å². The summed E-state index contributed by atoms with van der Waals surface area (Å²) in [5.41, 5.74) is 0.892. The van der Waals surface area contributed by atoms with Crippen LogP contribution in [0.15, 0.2) is 45.9 Å². The number of nitrogens with one attached hydrogen (secondary N) is 1. The van der Waals surface area contributed by atoms with Gasteiger partial charge in [0.05, 0.1) is 6.21 Å². The maximum Gasteiger partial charge on any atom is 0.347 e. The molecule has 9 heteroatoms. The fourth-order valence-corrected chi connectivity index (χ4v) is 3.82. The molecule has 3 heterocycles. The summed E-state index contributed by atoms with van der Waals surface area (Å²) in [5.74, 6) is 0.957.